The maximum Gasteiger partial charge on any atom is 0.251 e. The first-order valence-electron chi connectivity index (χ1n) is 9.58. The molecule has 0 saturated carbocycles. The first-order valence-corrected chi connectivity index (χ1v) is 11.0. The number of sulfonamides is 1. The van der Waals surface area contributed by atoms with Crippen molar-refractivity contribution < 1.29 is 23.1 Å². The Morgan fingerprint density at radius 2 is 1.67 bits per heavy atom. The van der Waals surface area contributed by atoms with E-state index in [9.17, 15) is 23.1 Å². The second-order valence-electron chi connectivity index (χ2n) is 6.80. The molecule has 0 aromatic heterocycles. The fourth-order valence-corrected chi connectivity index (χ4v) is 4.31. The summed E-state index contributed by atoms with van der Waals surface area (Å²) in [5.74, 6) is -1.28. The molecule has 2 aromatic carbocycles. The lowest BCUT2D eigenvalue weighted by atomic mass is 10.1. The number of anilines is 1. The predicted octanol–water partition coefficient (Wildman–Crippen LogP) is 2.41. The molecule has 0 saturated heterocycles. The minimum atomic E-state index is -3.74. The van der Waals surface area contributed by atoms with Gasteiger partial charge in [-0.25, -0.2) is 8.42 Å². The number of nitrogens with zero attached hydrogens (tertiary/aromatic N) is 1. The Kier molecular flexibility index (Phi) is 7.58. The Labute approximate surface area is 177 Å². The Balaban J connectivity index is 2.09. The van der Waals surface area contributed by atoms with Gasteiger partial charge in [0.15, 0.2) is 0 Å². The second-order valence-corrected chi connectivity index (χ2v) is 8.74. The number of hydrogen-bond acceptors (Lipinski definition) is 5. The lowest BCUT2D eigenvalue weighted by Crippen LogP contribution is -2.33. The fourth-order valence-electron chi connectivity index (χ4n) is 2.83. The maximum atomic E-state index is 12.6. The molecule has 0 aliphatic carbocycles. The number of phenolic OH excluding ortho intramolecular Hbond substituents is 1. The van der Waals surface area contributed by atoms with Gasteiger partial charge in [-0.1, -0.05) is 19.9 Å². The van der Waals surface area contributed by atoms with E-state index >= 15 is 0 Å². The summed E-state index contributed by atoms with van der Waals surface area (Å²) in [5, 5.41) is 14.9. The first kappa shape index (κ1) is 23.4. The molecule has 162 valence electrons. The first-order chi connectivity index (χ1) is 14.1. The molecule has 0 aliphatic rings. The average Bonchev–Trinajstić information content (AvgIpc) is 2.70. The molecular weight excluding hydrogens is 406 g/mol. The van der Waals surface area contributed by atoms with Gasteiger partial charge in [0.25, 0.3) is 5.91 Å². The molecule has 0 atom stereocenters. The zero-order valence-corrected chi connectivity index (χ0v) is 18.3. The molecule has 0 bridgehead atoms. The highest BCUT2D eigenvalue weighted by atomic mass is 32.2. The van der Waals surface area contributed by atoms with Crippen LogP contribution in [0.1, 0.15) is 35.3 Å². The molecule has 0 heterocycles. The number of phenols is 1. The highest BCUT2D eigenvalue weighted by Gasteiger charge is 2.23. The quantitative estimate of drug-likeness (QED) is 0.553. The van der Waals surface area contributed by atoms with Crippen LogP contribution in [0.4, 0.5) is 5.69 Å². The lowest BCUT2D eigenvalue weighted by Gasteiger charge is -2.19. The number of carbonyl (C=O) groups is 2. The van der Waals surface area contributed by atoms with E-state index in [1.807, 2.05) is 19.9 Å². The van der Waals surface area contributed by atoms with Crippen LogP contribution in [0.15, 0.2) is 41.3 Å². The van der Waals surface area contributed by atoms with E-state index in [0.717, 1.165) is 11.1 Å². The van der Waals surface area contributed by atoms with Gasteiger partial charge in [-0.15, -0.1) is 0 Å². The zero-order chi connectivity index (χ0) is 22.5. The van der Waals surface area contributed by atoms with Gasteiger partial charge in [-0.3, -0.25) is 9.59 Å². The number of aryl methyl sites for hydroxylation is 2. The van der Waals surface area contributed by atoms with Gasteiger partial charge in [0, 0.05) is 18.7 Å². The fraction of sp³-hybridized carbons (Fsp3) is 0.333. The summed E-state index contributed by atoms with van der Waals surface area (Å²) in [7, 11) is -3.74. The molecule has 3 N–H and O–H groups in total. The molecule has 8 nitrogen and oxygen atoms in total. The Bertz CT molecular complexity index is 1050. The molecule has 2 rings (SSSR count). The smallest absolute Gasteiger partial charge is 0.251 e. The highest BCUT2D eigenvalue weighted by Crippen LogP contribution is 2.28. The molecular formula is C21H27N3O5S. The standard InChI is InChI=1S/C21H27N3O5S/c1-5-24(6-2)30(28,29)17-9-10-19(25)18(12-17)23-20(26)13-22-21(27)16-8-7-14(3)15(4)11-16/h7-12,25H,5-6,13H2,1-4H3,(H,22,27)(H,23,26). The van der Waals surface area contributed by atoms with Crippen molar-refractivity contribution >= 4 is 27.5 Å². The molecule has 2 aromatic rings. The van der Waals surface area contributed by atoms with Gasteiger partial charge in [0.05, 0.1) is 17.1 Å². The molecule has 0 unspecified atom stereocenters. The van der Waals surface area contributed by atoms with Crippen molar-refractivity contribution in [3.05, 3.63) is 53.1 Å². The number of benzene rings is 2. The van der Waals surface area contributed by atoms with Crippen LogP contribution in [0.5, 0.6) is 5.75 Å². The molecule has 9 heteroatoms. The van der Waals surface area contributed by atoms with E-state index in [1.54, 1.807) is 26.0 Å². The van der Waals surface area contributed by atoms with E-state index in [1.165, 1.54) is 22.5 Å². The third-order valence-corrected chi connectivity index (χ3v) is 6.81. The summed E-state index contributed by atoms with van der Waals surface area (Å²) in [6, 6.07) is 8.91. The molecule has 2 amide bonds. The SMILES string of the molecule is CCN(CC)S(=O)(=O)c1ccc(O)c(NC(=O)CNC(=O)c2ccc(C)c(C)c2)c1. The minimum Gasteiger partial charge on any atom is -0.506 e. The van der Waals surface area contributed by atoms with Crippen molar-refractivity contribution in [2.75, 3.05) is 25.0 Å². The van der Waals surface area contributed by atoms with E-state index in [0.29, 0.717) is 18.7 Å². The van der Waals surface area contributed by atoms with E-state index in [4.69, 9.17) is 0 Å². The summed E-state index contributed by atoms with van der Waals surface area (Å²) in [6.45, 7) is 7.53. The van der Waals surface area contributed by atoms with Crippen molar-refractivity contribution in [3.8, 4) is 5.75 Å². The van der Waals surface area contributed by atoms with Crippen LogP contribution < -0.4 is 10.6 Å². The number of nitrogens with one attached hydrogen (secondary N) is 2. The summed E-state index contributed by atoms with van der Waals surface area (Å²) in [5.41, 5.74) is 2.40. The number of rotatable bonds is 8. The Morgan fingerprint density at radius 3 is 2.27 bits per heavy atom. The molecule has 0 spiro atoms. The third-order valence-electron chi connectivity index (χ3n) is 4.76. The van der Waals surface area contributed by atoms with Crippen LogP contribution in [-0.2, 0) is 14.8 Å². The number of carbonyl (C=O) groups excluding carboxylic acids is 2. The minimum absolute atomic E-state index is 0.0431. The van der Waals surface area contributed by atoms with Crippen LogP contribution in [0, 0.1) is 13.8 Å². The monoisotopic (exact) mass is 433 g/mol. The van der Waals surface area contributed by atoms with Crippen LogP contribution >= 0.6 is 0 Å². The lowest BCUT2D eigenvalue weighted by molar-refractivity contribution is -0.115. The van der Waals surface area contributed by atoms with E-state index in [-0.39, 0.29) is 22.9 Å². The van der Waals surface area contributed by atoms with Gasteiger partial charge in [-0.05, 0) is 55.3 Å². The Morgan fingerprint density at radius 1 is 1.00 bits per heavy atom. The third kappa shape index (κ3) is 5.37. The molecule has 0 aliphatic heterocycles. The summed E-state index contributed by atoms with van der Waals surface area (Å²) >= 11 is 0. The molecule has 0 fully saturated rings. The van der Waals surface area contributed by atoms with Gasteiger partial charge in [0.1, 0.15) is 5.75 Å². The van der Waals surface area contributed by atoms with E-state index in [2.05, 4.69) is 10.6 Å². The molecule has 0 radical (unpaired) electrons. The summed E-state index contributed by atoms with van der Waals surface area (Å²) in [4.78, 5) is 24.4. The normalized spacial score (nSPS) is 11.4. The topological polar surface area (TPSA) is 116 Å². The van der Waals surface area contributed by atoms with Crippen molar-refractivity contribution in [3.63, 3.8) is 0 Å². The largest absolute Gasteiger partial charge is 0.506 e. The van der Waals surface area contributed by atoms with Crippen molar-refractivity contribution in [2.24, 2.45) is 0 Å². The summed E-state index contributed by atoms with van der Waals surface area (Å²) < 4.78 is 26.6. The summed E-state index contributed by atoms with van der Waals surface area (Å²) in [6.07, 6.45) is 0. The van der Waals surface area contributed by atoms with Crippen LogP contribution in [0.2, 0.25) is 0 Å². The Hall–Kier alpha value is -2.91. The van der Waals surface area contributed by atoms with Crippen molar-refractivity contribution in [1.29, 1.82) is 0 Å². The number of amides is 2. The van der Waals surface area contributed by atoms with Gasteiger partial charge in [-0.2, -0.15) is 4.31 Å². The maximum absolute atomic E-state index is 12.6. The predicted molar refractivity (Wildman–Crippen MR) is 115 cm³/mol. The zero-order valence-electron chi connectivity index (χ0n) is 17.5. The van der Waals surface area contributed by atoms with Gasteiger partial charge < -0.3 is 15.7 Å². The highest BCUT2D eigenvalue weighted by molar-refractivity contribution is 7.89. The van der Waals surface area contributed by atoms with Crippen molar-refractivity contribution in [2.45, 2.75) is 32.6 Å². The molecule has 30 heavy (non-hydrogen) atoms. The van der Waals surface area contributed by atoms with Crippen LogP contribution in [0.3, 0.4) is 0 Å². The van der Waals surface area contributed by atoms with Crippen LogP contribution in [-0.4, -0.2) is 49.3 Å². The second kappa shape index (κ2) is 9.73. The van der Waals surface area contributed by atoms with Crippen LogP contribution in [0.25, 0.3) is 0 Å². The number of aromatic hydroxyl groups is 1. The average molecular weight is 434 g/mol. The van der Waals surface area contributed by atoms with E-state index < -0.39 is 21.8 Å². The van der Waals surface area contributed by atoms with Gasteiger partial charge in [0.2, 0.25) is 15.9 Å². The van der Waals surface area contributed by atoms with Gasteiger partial charge >= 0.3 is 0 Å². The van der Waals surface area contributed by atoms with Crippen molar-refractivity contribution in [1.82, 2.24) is 9.62 Å². The number of hydrogen-bond donors (Lipinski definition) is 3.